The van der Waals surface area contributed by atoms with Gasteiger partial charge < -0.3 is 14.5 Å². The molecule has 1 heterocycles. The van der Waals surface area contributed by atoms with E-state index in [0.29, 0.717) is 18.7 Å². The van der Waals surface area contributed by atoms with Crippen molar-refractivity contribution in [2.24, 2.45) is 0 Å². The summed E-state index contributed by atoms with van der Waals surface area (Å²) in [5.74, 6) is -1.14. The number of amides is 1. The first kappa shape index (κ1) is 20.6. The highest BCUT2D eigenvalue weighted by Crippen LogP contribution is 2.23. The average Bonchev–Trinajstić information content (AvgIpc) is 2.73. The molecule has 2 aromatic carbocycles. The molecule has 0 unspecified atom stereocenters. The summed E-state index contributed by atoms with van der Waals surface area (Å²) in [6.07, 6.45) is 2.76. The van der Waals surface area contributed by atoms with E-state index in [1.807, 2.05) is 6.07 Å². The predicted molar refractivity (Wildman–Crippen MR) is 111 cm³/mol. The standard InChI is InChI=1S/C23H25FN2O3/c1-17-4-3-5-21(18(17)2)25-12-14-26(15-13-25)22(27)16-29-23(28)11-8-19-6-9-20(24)10-7-19/h3-11H,12-16H2,1-2H3/b11-8+. The third kappa shape index (κ3) is 5.44. The fourth-order valence-electron chi connectivity index (χ4n) is 3.29. The molecule has 6 heteroatoms. The summed E-state index contributed by atoms with van der Waals surface area (Å²) >= 11 is 0. The van der Waals surface area contributed by atoms with E-state index >= 15 is 0 Å². The molecule has 1 amide bonds. The second kappa shape index (κ2) is 9.37. The van der Waals surface area contributed by atoms with Gasteiger partial charge in [-0.05, 0) is 54.8 Å². The fourth-order valence-corrected chi connectivity index (χ4v) is 3.29. The van der Waals surface area contributed by atoms with Gasteiger partial charge in [-0.1, -0.05) is 24.3 Å². The molecule has 29 heavy (non-hydrogen) atoms. The molecule has 0 aromatic heterocycles. The van der Waals surface area contributed by atoms with Crippen LogP contribution in [0.3, 0.4) is 0 Å². The summed E-state index contributed by atoms with van der Waals surface area (Å²) in [6, 6.07) is 12.0. The molecule has 1 aliphatic rings. The number of nitrogens with zero attached hydrogens (tertiary/aromatic N) is 2. The lowest BCUT2D eigenvalue weighted by molar-refractivity contribution is -0.148. The molecule has 0 radical (unpaired) electrons. The number of carbonyl (C=O) groups is 2. The van der Waals surface area contributed by atoms with E-state index in [1.165, 1.54) is 41.1 Å². The third-order valence-corrected chi connectivity index (χ3v) is 5.17. The van der Waals surface area contributed by atoms with Crippen LogP contribution in [0, 0.1) is 19.7 Å². The van der Waals surface area contributed by atoms with Crippen LogP contribution in [0.15, 0.2) is 48.5 Å². The number of hydrogen-bond acceptors (Lipinski definition) is 4. The molecule has 1 aliphatic heterocycles. The van der Waals surface area contributed by atoms with Crippen molar-refractivity contribution in [3.05, 3.63) is 71.0 Å². The van der Waals surface area contributed by atoms with Crippen LogP contribution in [0.4, 0.5) is 10.1 Å². The molecule has 0 N–H and O–H groups in total. The number of piperazine rings is 1. The second-order valence-corrected chi connectivity index (χ2v) is 7.08. The van der Waals surface area contributed by atoms with Crippen LogP contribution in [0.2, 0.25) is 0 Å². The Hall–Kier alpha value is -3.15. The zero-order valence-electron chi connectivity index (χ0n) is 16.7. The van der Waals surface area contributed by atoms with E-state index in [2.05, 4.69) is 30.9 Å². The van der Waals surface area contributed by atoms with Gasteiger partial charge in [0.05, 0.1) is 0 Å². The maximum atomic E-state index is 12.9. The largest absolute Gasteiger partial charge is 0.452 e. The van der Waals surface area contributed by atoms with Gasteiger partial charge in [0.1, 0.15) is 5.82 Å². The van der Waals surface area contributed by atoms with Crippen LogP contribution in [0.1, 0.15) is 16.7 Å². The van der Waals surface area contributed by atoms with Crippen LogP contribution < -0.4 is 4.90 Å². The lowest BCUT2D eigenvalue weighted by Gasteiger charge is -2.37. The number of halogens is 1. The van der Waals surface area contributed by atoms with Crippen molar-refractivity contribution >= 4 is 23.6 Å². The van der Waals surface area contributed by atoms with E-state index < -0.39 is 5.97 Å². The van der Waals surface area contributed by atoms with E-state index in [-0.39, 0.29) is 18.3 Å². The van der Waals surface area contributed by atoms with E-state index in [9.17, 15) is 14.0 Å². The quantitative estimate of drug-likeness (QED) is 0.575. The number of carbonyl (C=O) groups excluding carboxylic acids is 2. The molecule has 0 spiro atoms. The summed E-state index contributed by atoms with van der Waals surface area (Å²) < 4.78 is 17.9. The number of ether oxygens (including phenoxy) is 1. The molecule has 3 rings (SSSR count). The number of hydrogen-bond donors (Lipinski definition) is 0. The smallest absolute Gasteiger partial charge is 0.331 e. The molecule has 0 aliphatic carbocycles. The highest BCUT2D eigenvalue weighted by molar-refractivity contribution is 5.89. The minimum absolute atomic E-state index is 0.200. The summed E-state index contributed by atoms with van der Waals surface area (Å²) in [4.78, 5) is 28.2. The van der Waals surface area contributed by atoms with Crippen molar-refractivity contribution in [2.75, 3.05) is 37.7 Å². The van der Waals surface area contributed by atoms with Crippen LogP contribution in [0.5, 0.6) is 0 Å². The van der Waals surface area contributed by atoms with Crippen molar-refractivity contribution in [1.82, 2.24) is 4.90 Å². The number of aryl methyl sites for hydroxylation is 1. The molecular weight excluding hydrogens is 371 g/mol. The van der Waals surface area contributed by atoms with Gasteiger partial charge >= 0.3 is 5.97 Å². The Morgan fingerprint density at radius 3 is 2.41 bits per heavy atom. The molecule has 0 atom stereocenters. The number of anilines is 1. The predicted octanol–water partition coefficient (Wildman–Crippen LogP) is 3.35. The van der Waals surface area contributed by atoms with Crippen LogP contribution in [-0.4, -0.2) is 49.6 Å². The van der Waals surface area contributed by atoms with E-state index in [0.717, 1.165) is 13.1 Å². The van der Waals surface area contributed by atoms with Gasteiger partial charge in [-0.3, -0.25) is 4.79 Å². The highest BCUT2D eigenvalue weighted by atomic mass is 19.1. The first-order valence-electron chi connectivity index (χ1n) is 9.63. The van der Waals surface area contributed by atoms with Gasteiger partial charge in [0.15, 0.2) is 6.61 Å². The van der Waals surface area contributed by atoms with Gasteiger partial charge in [0.2, 0.25) is 0 Å². The Labute approximate surface area is 170 Å². The Kier molecular flexibility index (Phi) is 6.65. The number of rotatable bonds is 5. The second-order valence-electron chi connectivity index (χ2n) is 7.08. The topological polar surface area (TPSA) is 49.9 Å². The Balaban J connectivity index is 1.45. The third-order valence-electron chi connectivity index (χ3n) is 5.17. The number of benzene rings is 2. The molecule has 1 saturated heterocycles. The van der Waals surface area contributed by atoms with Crippen molar-refractivity contribution in [2.45, 2.75) is 13.8 Å². The van der Waals surface area contributed by atoms with Crippen molar-refractivity contribution < 1.29 is 18.7 Å². The molecular formula is C23H25FN2O3. The molecule has 2 aromatic rings. The van der Waals surface area contributed by atoms with Crippen molar-refractivity contribution in [3.8, 4) is 0 Å². The van der Waals surface area contributed by atoms with Gasteiger partial charge in [-0.25, -0.2) is 9.18 Å². The molecule has 5 nitrogen and oxygen atoms in total. The SMILES string of the molecule is Cc1cccc(N2CCN(C(=O)COC(=O)/C=C/c3ccc(F)cc3)CC2)c1C. The molecule has 0 saturated carbocycles. The van der Waals surface area contributed by atoms with Crippen molar-refractivity contribution in [1.29, 1.82) is 0 Å². The summed E-state index contributed by atoms with van der Waals surface area (Å²) in [5.41, 5.74) is 4.39. The Morgan fingerprint density at radius 2 is 1.72 bits per heavy atom. The molecule has 1 fully saturated rings. The summed E-state index contributed by atoms with van der Waals surface area (Å²) in [7, 11) is 0. The molecule has 152 valence electrons. The first-order chi connectivity index (χ1) is 13.9. The van der Waals surface area contributed by atoms with Gasteiger partial charge in [-0.2, -0.15) is 0 Å². The normalized spacial score (nSPS) is 14.3. The van der Waals surface area contributed by atoms with Gasteiger partial charge in [0, 0.05) is 37.9 Å². The van der Waals surface area contributed by atoms with Crippen LogP contribution >= 0.6 is 0 Å². The minimum atomic E-state index is -0.600. The van der Waals surface area contributed by atoms with Crippen molar-refractivity contribution in [3.63, 3.8) is 0 Å². The van der Waals surface area contributed by atoms with E-state index in [4.69, 9.17) is 4.74 Å². The van der Waals surface area contributed by atoms with Crippen LogP contribution in [-0.2, 0) is 14.3 Å². The number of esters is 1. The Morgan fingerprint density at radius 1 is 1.03 bits per heavy atom. The lowest BCUT2D eigenvalue weighted by Crippen LogP contribution is -2.50. The highest BCUT2D eigenvalue weighted by Gasteiger charge is 2.22. The maximum absolute atomic E-state index is 12.9. The maximum Gasteiger partial charge on any atom is 0.331 e. The average molecular weight is 396 g/mol. The molecule has 0 bridgehead atoms. The zero-order chi connectivity index (χ0) is 20.8. The minimum Gasteiger partial charge on any atom is -0.452 e. The monoisotopic (exact) mass is 396 g/mol. The fraction of sp³-hybridized carbons (Fsp3) is 0.304. The Bertz CT molecular complexity index is 901. The summed E-state index contributed by atoms with van der Waals surface area (Å²) in [6.45, 7) is 6.60. The first-order valence-corrected chi connectivity index (χ1v) is 9.63. The van der Waals surface area contributed by atoms with Crippen LogP contribution in [0.25, 0.3) is 6.08 Å². The zero-order valence-corrected chi connectivity index (χ0v) is 16.7. The van der Waals surface area contributed by atoms with Gasteiger partial charge in [0.25, 0.3) is 5.91 Å². The van der Waals surface area contributed by atoms with E-state index in [1.54, 1.807) is 17.0 Å². The lowest BCUT2D eigenvalue weighted by atomic mass is 10.1. The van der Waals surface area contributed by atoms with Gasteiger partial charge in [-0.15, -0.1) is 0 Å². The summed E-state index contributed by atoms with van der Waals surface area (Å²) in [5, 5.41) is 0.